The molecule has 0 atom stereocenters. The summed E-state index contributed by atoms with van der Waals surface area (Å²) in [5.41, 5.74) is 5.59. The van der Waals surface area contributed by atoms with E-state index in [1.165, 1.54) is 6.33 Å². The minimum absolute atomic E-state index is 0.384. The van der Waals surface area contributed by atoms with E-state index in [0.29, 0.717) is 23.8 Å². The first-order chi connectivity index (χ1) is 6.77. The van der Waals surface area contributed by atoms with Crippen LogP contribution in [0.2, 0.25) is 0 Å². The van der Waals surface area contributed by atoms with Gasteiger partial charge < -0.3 is 5.73 Å². The van der Waals surface area contributed by atoms with Crippen LogP contribution >= 0.6 is 12.2 Å². The number of nitrogen functional groups attached to an aromatic ring is 1. The van der Waals surface area contributed by atoms with Crippen LogP contribution < -0.4 is 5.73 Å². The Kier molecular flexibility index (Phi) is 2.27. The van der Waals surface area contributed by atoms with E-state index in [9.17, 15) is 0 Å². The van der Waals surface area contributed by atoms with Crippen molar-refractivity contribution in [2.75, 3.05) is 5.73 Å². The summed E-state index contributed by atoms with van der Waals surface area (Å²) in [7, 11) is 0. The molecule has 0 spiro atoms. The second-order valence-electron chi connectivity index (χ2n) is 2.70. The van der Waals surface area contributed by atoms with Gasteiger partial charge in [0, 0.05) is 6.54 Å². The number of nitrogens with zero attached hydrogens (tertiary/aromatic N) is 5. The average molecular weight is 211 g/mol. The molecule has 0 aliphatic carbocycles. The maximum Gasteiger partial charge on any atom is 0.220 e. The van der Waals surface area contributed by atoms with E-state index < -0.39 is 0 Å². The fraction of sp³-hybridized carbons (Fsp3) is 0.333. The molecule has 0 fully saturated rings. The second-order valence-corrected chi connectivity index (χ2v) is 3.08. The van der Waals surface area contributed by atoms with Crippen LogP contribution in [0.1, 0.15) is 0 Å². The third-order valence-electron chi connectivity index (χ3n) is 1.81. The van der Waals surface area contributed by atoms with Gasteiger partial charge >= 0.3 is 0 Å². The van der Waals surface area contributed by atoms with E-state index >= 15 is 0 Å². The van der Waals surface area contributed by atoms with Gasteiger partial charge in [0.15, 0.2) is 4.77 Å². The van der Waals surface area contributed by atoms with Crippen molar-refractivity contribution in [2.45, 2.75) is 13.1 Å². The van der Waals surface area contributed by atoms with Gasteiger partial charge in [-0.2, -0.15) is 5.10 Å². The SMILES string of the molecule is Nc1n[nH]c(=S)n1CCn1cncn1. The van der Waals surface area contributed by atoms with E-state index in [1.807, 2.05) is 0 Å². The molecule has 0 saturated carbocycles. The summed E-state index contributed by atoms with van der Waals surface area (Å²) in [4.78, 5) is 3.83. The molecule has 2 aromatic heterocycles. The molecule has 0 unspecified atom stereocenters. The number of aromatic nitrogens is 6. The fourth-order valence-electron chi connectivity index (χ4n) is 1.10. The molecule has 3 N–H and O–H groups in total. The second kappa shape index (κ2) is 3.58. The minimum Gasteiger partial charge on any atom is -0.368 e. The predicted octanol–water partition coefficient (Wildman–Crippen LogP) is -0.185. The topological polar surface area (TPSA) is 90.3 Å². The van der Waals surface area contributed by atoms with Gasteiger partial charge in [0.1, 0.15) is 12.7 Å². The van der Waals surface area contributed by atoms with Gasteiger partial charge in [0.25, 0.3) is 0 Å². The van der Waals surface area contributed by atoms with E-state index in [-0.39, 0.29) is 0 Å². The van der Waals surface area contributed by atoms with Crippen LogP contribution in [-0.4, -0.2) is 29.5 Å². The third kappa shape index (κ3) is 1.64. The Bertz CT molecular complexity index is 453. The number of aryl methyl sites for hydroxylation is 1. The molecule has 0 saturated heterocycles. The zero-order chi connectivity index (χ0) is 9.97. The van der Waals surface area contributed by atoms with Crippen molar-refractivity contribution in [3.8, 4) is 0 Å². The Morgan fingerprint density at radius 2 is 2.36 bits per heavy atom. The first-order valence-electron chi connectivity index (χ1n) is 4.00. The summed E-state index contributed by atoms with van der Waals surface area (Å²) in [5.74, 6) is 0.384. The van der Waals surface area contributed by atoms with Crippen molar-refractivity contribution < 1.29 is 0 Å². The molecule has 2 rings (SSSR count). The molecule has 2 heterocycles. The maximum absolute atomic E-state index is 5.59. The first kappa shape index (κ1) is 8.88. The minimum atomic E-state index is 0.384. The van der Waals surface area contributed by atoms with Gasteiger partial charge in [0.05, 0.1) is 6.54 Å². The summed E-state index contributed by atoms with van der Waals surface area (Å²) in [5, 5.41) is 10.4. The van der Waals surface area contributed by atoms with Crippen LogP contribution in [0.4, 0.5) is 5.95 Å². The van der Waals surface area contributed by atoms with Gasteiger partial charge in [-0.25, -0.2) is 10.1 Å². The van der Waals surface area contributed by atoms with Gasteiger partial charge in [-0.05, 0) is 12.2 Å². The number of nitrogens with one attached hydrogen (secondary N) is 1. The Morgan fingerprint density at radius 3 is 2.93 bits per heavy atom. The molecule has 0 aliphatic rings. The van der Waals surface area contributed by atoms with E-state index in [4.69, 9.17) is 18.0 Å². The van der Waals surface area contributed by atoms with Crippen molar-refractivity contribution in [1.29, 1.82) is 0 Å². The molecule has 74 valence electrons. The van der Waals surface area contributed by atoms with Crippen molar-refractivity contribution in [3.63, 3.8) is 0 Å². The highest BCUT2D eigenvalue weighted by molar-refractivity contribution is 7.71. The lowest BCUT2D eigenvalue weighted by atomic mass is 10.6. The summed E-state index contributed by atoms with van der Waals surface area (Å²) < 4.78 is 3.92. The quantitative estimate of drug-likeness (QED) is 0.687. The average Bonchev–Trinajstić information content (AvgIpc) is 2.76. The summed E-state index contributed by atoms with van der Waals surface area (Å²) in [6, 6.07) is 0. The van der Waals surface area contributed by atoms with Crippen LogP contribution in [-0.2, 0) is 13.1 Å². The Balaban J connectivity index is 2.09. The highest BCUT2D eigenvalue weighted by Gasteiger charge is 2.01. The Hall–Kier alpha value is -1.70. The van der Waals surface area contributed by atoms with Crippen LogP contribution in [0, 0.1) is 4.77 Å². The molecule has 7 nitrogen and oxygen atoms in total. The summed E-state index contributed by atoms with van der Waals surface area (Å²) >= 11 is 4.99. The standard InChI is InChI=1S/C6H9N7S/c7-5-10-11-6(14)13(5)2-1-12-4-8-3-9-12/h3-4H,1-2H2,(H2,7,10)(H,11,14). The number of anilines is 1. The van der Waals surface area contributed by atoms with Crippen LogP contribution in [0.25, 0.3) is 0 Å². The monoisotopic (exact) mass is 211 g/mol. The molecule has 0 radical (unpaired) electrons. The fourth-order valence-corrected chi connectivity index (χ4v) is 1.33. The largest absolute Gasteiger partial charge is 0.368 e. The predicted molar refractivity (Wildman–Crippen MR) is 51.8 cm³/mol. The highest BCUT2D eigenvalue weighted by Crippen LogP contribution is 1.99. The molecular formula is C6H9N7S. The Morgan fingerprint density at radius 1 is 1.50 bits per heavy atom. The number of hydrogen-bond donors (Lipinski definition) is 2. The van der Waals surface area contributed by atoms with Gasteiger partial charge in [0.2, 0.25) is 5.95 Å². The zero-order valence-corrected chi connectivity index (χ0v) is 8.11. The van der Waals surface area contributed by atoms with E-state index in [2.05, 4.69) is 20.3 Å². The molecule has 8 heteroatoms. The smallest absolute Gasteiger partial charge is 0.220 e. The van der Waals surface area contributed by atoms with Crippen molar-refractivity contribution >= 4 is 18.2 Å². The Labute approximate surface area is 84.6 Å². The molecule has 14 heavy (non-hydrogen) atoms. The molecular weight excluding hydrogens is 202 g/mol. The van der Waals surface area contributed by atoms with Crippen LogP contribution in [0.3, 0.4) is 0 Å². The highest BCUT2D eigenvalue weighted by atomic mass is 32.1. The van der Waals surface area contributed by atoms with Crippen LogP contribution in [0.5, 0.6) is 0 Å². The zero-order valence-electron chi connectivity index (χ0n) is 7.29. The number of rotatable bonds is 3. The third-order valence-corrected chi connectivity index (χ3v) is 2.12. The van der Waals surface area contributed by atoms with Crippen molar-refractivity contribution in [2.24, 2.45) is 0 Å². The van der Waals surface area contributed by atoms with Crippen molar-refractivity contribution in [3.05, 3.63) is 17.4 Å². The lowest BCUT2D eigenvalue weighted by molar-refractivity contribution is 0.532. The lowest BCUT2D eigenvalue weighted by Crippen LogP contribution is -2.10. The van der Waals surface area contributed by atoms with Crippen LogP contribution in [0.15, 0.2) is 12.7 Å². The molecule has 0 aliphatic heterocycles. The normalized spacial score (nSPS) is 10.6. The number of H-pyrrole nitrogens is 1. The van der Waals surface area contributed by atoms with E-state index in [0.717, 1.165) is 0 Å². The number of aromatic amines is 1. The van der Waals surface area contributed by atoms with Gasteiger partial charge in [-0.15, -0.1) is 5.10 Å². The summed E-state index contributed by atoms with van der Waals surface area (Å²) in [6.45, 7) is 1.29. The first-order valence-corrected chi connectivity index (χ1v) is 4.41. The van der Waals surface area contributed by atoms with Crippen molar-refractivity contribution in [1.82, 2.24) is 29.5 Å². The van der Waals surface area contributed by atoms with Gasteiger partial charge in [-0.1, -0.05) is 0 Å². The number of hydrogen-bond acceptors (Lipinski definition) is 5. The number of nitrogens with two attached hydrogens (primary N) is 1. The molecule has 0 bridgehead atoms. The molecule has 0 aromatic carbocycles. The van der Waals surface area contributed by atoms with Gasteiger partial charge in [-0.3, -0.25) is 9.25 Å². The molecule has 0 amide bonds. The summed E-state index contributed by atoms with van der Waals surface area (Å²) in [6.07, 6.45) is 3.12. The molecule has 2 aromatic rings. The van der Waals surface area contributed by atoms with E-state index in [1.54, 1.807) is 15.6 Å². The lowest BCUT2D eigenvalue weighted by Gasteiger charge is -2.02. The maximum atomic E-state index is 5.59.